The molecule has 1 aromatic carbocycles. The second kappa shape index (κ2) is 13.5. The number of hydrogen-bond donors (Lipinski definition) is 0. The third-order valence-corrected chi connectivity index (χ3v) is 5.89. The van der Waals surface area contributed by atoms with Crippen molar-refractivity contribution in [3.05, 3.63) is 42.5 Å². The average molecular weight is 492 g/mol. The minimum absolute atomic E-state index is 0.0747. The highest BCUT2D eigenvalue weighted by Gasteiger charge is 2.39. The van der Waals surface area contributed by atoms with E-state index in [1.54, 1.807) is 34.0 Å². The molecule has 1 fully saturated rings. The first-order chi connectivity index (χ1) is 16.6. The Bertz CT molecular complexity index is 818. The molecule has 0 N–H and O–H groups in total. The van der Waals surface area contributed by atoms with Crippen molar-refractivity contribution < 1.29 is 33.3 Å². The topological polar surface area (TPSA) is 83.5 Å². The van der Waals surface area contributed by atoms with Gasteiger partial charge in [0.1, 0.15) is 30.2 Å². The molecule has 1 aliphatic rings. The Morgan fingerprint density at radius 2 is 1.89 bits per heavy atom. The van der Waals surface area contributed by atoms with E-state index in [9.17, 15) is 9.59 Å². The minimum atomic E-state index is -0.813. The number of carbonyl (C=O) groups is 2. The van der Waals surface area contributed by atoms with E-state index in [-0.39, 0.29) is 18.8 Å². The van der Waals surface area contributed by atoms with Crippen molar-refractivity contribution in [1.82, 2.24) is 4.90 Å². The van der Waals surface area contributed by atoms with Gasteiger partial charge in [-0.15, -0.1) is 6.58 Å². The summed E-state index contributed by atoms with van der Waals surface area (Å²) in [5.41, 5.74) is 0.443. The summed E-state index contributed by atoms with van der Waals surface area (Å²) >= 11 is 0. The largest absolute Gasteiger partial charge is 0.497 e. The van der Waals surface area contributed by atoms with E-state index in [0.29, 0.717) is 19.4 Å². The Morgan fingerprint density at radius 3 is 2.46 bits per heavy atom. The van der Waals surface area contributed by atoms with Crippen molar-refractivity contribution in [1.29, 1.82) is 0 Å². The van der Waals surface area contributed by atoms with Gasteiger partial charge >= 0.3 is 12.1 Å². The van der Waals surface area contributed by atoms with Crippen LogP contribution in [0.25, 0.3) is 0 Å². The van der Waals surface area contributed by atoms with Crippen LogP contribution in [0.2, 0.25) is 0 Å². The van der Waals surface area contributed by atoms with Gasteiger partial charge in [0.25, 0.3) is 0 Å². The highest BCUT2D eigenvalue weighted by molar-refractivity contribution is 5.81. The lowest BCUT2D eigenvalue weighted by atomic mass is 9.86. The molecule has 0 spiro atoms. The first-order valence-corrected chi connectivity index (χ1v) is 12.1. The van der Waals surface area contributed by atoms with Gasteiger partial charge in [0, 0.05) is 7.11 Å². The van der Waals surface area contributed by atoms with Gasteiger partial charge < -0.3 is 23.7 Å². The van der Waals surface area contributed by atoms with Crippen molar-refractivity contribution in [3.63, 3.8) is 0 Å². The summed E-state index contributed by atoms with van der Waals surface area (Å²) in [5, 5.41) is 0. The molecule has 35 heavy (non-hydrogen) atoms. The van der Waals surface area contributed by atoms with Gasteiger partial charge in [-0.25, -0.2) is 9.59 Å². The lowest BCUT2D eigenvalue weighted by Gasteiger charge is -2.33. The van der Waals surface area contributed by atoms with Gasteiger partial charge in [0.05, 0.1) is 19.8 Å². The van der Waals surface area contributed by atoms with Gasteiger partial charge in [0.15, 0.2) is 0 Å². The molecule has 0 aliphatic carbocycles. The number of methoxy groups -OCH3 is 2. The number of hydrogen-bond acceptors (Lipinski definition) is 7. The second-order valence-corrected chi connectivity index (χ2v) is 9.86. The molecular formula is C27H41NO7. The first-order valence-electron chi connectivity index (χ1n) is 12.1. The van der Waals surface area contributed by atoms with Gasteiger partial charge in [-0.05, 0) is 70.6 Å². The lowest BCUT2D eigenvalue weighted by molar-refractivity contribution is -0.165. The minimum Gasteiger partial charge on any atom is -0.497 e. The molecule has 1 saturated heterocycles. The Kier molecular flexibility index (Phi) is 11.0. The summed E-state index contributed by atoms with van der Waals surface area (Å²) in [4.78, 5) is 27.5. The standard InChI is InChI=1S/C27H41NO7/c1-8-16-33-24-19(2)34-25(29)23(28(18-31-6)26(30)35-27(3,4)5)11-9-10-21(24)17-20-12-14-22(32-7)15-13-20/h8,12-15,19,21,23-24H,1,9-11,16-18H2,2-7H3. The van der Waals surface area contributed by atoms with Crippen molar-refractivity contribution in [3.8, 4) is 5.75 Å². The molecule has 1 aliphatic heterocycles. The number of esters is 1. The molecule has 4 unspecified atom stereocenters. The SMILES string of the molecule is C=CCOC1C(Cc2ccc(OC)cc2)CCCC(N(COC)C(=O)OC(C)(C)C)C(=O)OC1C. The van der Waals surface area contributed by atoms with Crippen LogP contribution in [0.15, 0.2) is 36.9 Å². The van der Waals surface area contributed by atoms with E-state index >= 15 is 0 Å². The van der Waals surface area contributed by atoms with Crippen molar-refractivity contribution in [2.75, 3.05) is 27.6 Å². The fourth-order valence-corrected chi connectivity index (χ4v) is 4.31. The Hall–Kier alpha value is -2.58. The molecule has 0 saturated carbocycles. The number of benzene rings is 1. The van der Waals surface area contributed by atoms with Crippen LogP contribution in [0.5, 0.6) is 5.75 Å². The number of cyclic esters (lactones) is 1. The van der Waals surface area contributed by atoms with E-state index in [2.05, 4.69) is 6.58 Å². The van der Waals surface area contributed by atoms with Crippen LogP contribution in [0.4, 0.5) is 4.79 Å². The van der Waals surface area contributed by atoms with E-state index < -0.39 is 29.8 Å². The van der Waals surface area contributed by atoms with Gasteiger partial charge in [0.2, 0.25) is 0 Å². The van der Waals surface area contributed by atoms with E-state index in [4.69, 9.17) is 23.7 Å². The van der Waals surface area contributed by atoms with Crippen LogP contribution in [0, 0.1) is 5.92 Å². The smallest absolute Gasteiger partial charge is 0.412 e. The summed E-state index contributed by atoms with van der Waals surface area (Å²) in [5.74, 6) is 0.410. The summed E-state index contributed by atoms with van der Waals surface area (Å²) in [6.07, 6.45) is 2.92. The number of amides is 1. The van der Waals surface area contributed by atoms with Crippen LogP contribution in [-0.2, 0) is 30.2 Å². The van der Waals surface area contributed by atoms with Crippen LogP contribution >= 0.6 is 0 Å². The molecule has 0 aromatic heterocycles. The Balaban J connectivity index is 2.28. The fraction of sp³-hybridized carbons (Fsp3) is 0.630. The van der Waals surface area contributed by atoms with Crippen molar-refractivity contribution >= 4 is 12.1 Å². The maximum Gasteiger partial charge on any atom is 0.412 e. The predicted molar refractivity (Wildman–Crippen MR) is 133 cm³/mol. The molecule has 1 aromatic rings. The highest BCUT2D eigenvalue weighted by Crippen LogP contribution is 2.29. The molecule has 1 amide bonds. The molecule has 2 rings (SSSR count). The maximum absolute atomic E-state index is 13.3. The van der Waals surface area contributed by atoms with Crippen LogP contribution in [0.3, 0.4) is 0 Å². The van der Waals surface area contributed by atoms with E-state index in [1.807, 2.05) is 31.2 Å². The molecule has 1 heterocycles. The number of rotatable bonds is 9. The molecule has 8 heteroatoms. The monoisotopic (exact) mass is 491 g/mol. The predicted octanol–water partition coefficient (Wildman–Crippen LogP) is 4.75. The van der Waals surface area contributed by atoms with Crippen molar-refractivity contribution in [2.24, 2.45) is 5.92 Å². The zero-order chi connectivity index (χ0) is 26.0. The second-order valence-electron chi connectivity index (χ2n) is 9.86. The van der Waals surface area contributed by atoms with E-state index in [1.165, 1.54) is 12.0 Å². The van der Waals surface area contributed by atoms with Crippen molar-refractivity contribution in [2.45, 2.75) is 77.2 Å². The molecular weight excluding hydrogens is 450 g/mol. The van der Waals surface area contributed by atoms with Crippen LogP contribution in [0.1, 0.15) is 52.5 Å². The van der Waals surface area contributed by atoms with Crippen LogP contribution < -0.4 is 4.74 Å². The van der Waals surface area contributed by atoms with Gasteiger partial charge in [-0.2, -0.15) is 0 Å². The molecule has 0 bridgehead atoms. The zero-order valence-electron chi connectivity index (χ0n) is 22.0. The molecule has 196 valence electrons. The summed E-state index contributed by atoms with van der Waals surface area (Å²) in [7, 11) is 3.12. The number of ether oxygens (including phenoxy) is 5. The summed E-state index contributed by atoms with van der Waals surface area (Å²) < 4.78 is 28.0. The van der Waals surface area contributed by atoms with E-state index in [0.717, 1.165) is 24.2 Å². The molecule has 8 nitrogen and oxygen atoms in total. The zero-order valence-corrected chi connectivity index (χ0v) is 22.0. The highest BCUT2D eigenvalue weighted by atomic mass is 16.6. The van der Waals surface area contributed by atoms with Crippen LogP contribution in [-0.4, -0.2) is 68.4 Å². The lowest BCUT2D eigenvalue weighted by Crippen LogP contribution is -2.49. The molecule has 4 atom stereocenters. The normalized spacial score (nSPS) is 23.3. The Labute approximate surface area is 209 Å². The number of nitrogens with zero attached hydrogens (tertiary/aromatic N) is 1. The van der Waals surface area contributed by atoms with Gasteiger partial charge in [-0.1, -0.05) is 24.6 Å². The third kappa shape index (κ3) is 8.85. The summed E-state index contributed by atoms with van der Waals surface area (Å²) in [6.45, 7) is 11.2. The summed E-state index contributed by atoms with van der Waals surface area (Å²) in [6, 6.07) is 7.14. The number of carbonyl (C=O) groups excluding carboxylic acids is 2. The Morgan fingerprint density at radius 1 is 1.20 bits per heavy atom. The quantitative estimate of drug-likeness (QED) is 0.280. The first kappa shape index (κ1) is 28.7. The third-order valence-electron chi connectivity index (χ3n) is 5.89. The average Bonchev–Trinajstić information content (AvgIpc) is 2.84. The fourth-order valence-electron chi connectivity index (χ4n) is 4.31. The molecule has 0 radical (unpaired) electrons. The van der Waals surface area contributed by atoms with Gasteiger partial charge in [-0.3, -0.25) is 4.90 Å². The maximum atomic E-state index is 13.3.